The van der Waals surface area contributed by atoms with E-state index in [1.54, 1.807) is 0 Å². The van der Waals surface area contributed by atoms with Gasteiger partial charge in [0.15, 0.2) is 5.41 Å². The Morgan fingerprint density at radius 1 is 0.697 bits per heavy atom. The number of hydrogen-bond donors (Lipinski definition) is 0. The van der Waals surface area contributed by atoms with Crippen molar-refractivity contribution >= 4 is 11.9 Å². The van der Waals surface area contributed by atoms with E-state index in [1.165, 1.54) is 116 Å². The highest BCUT2D eigenvalue weighted by Gasteiger charge is 2.62. The summed E-state index contributed by atoms with van der Waals surface area (Å²) in [6.45, 7) is 2.29. The maximum Gasteiger partial charge on any atom is 0.331 e. The van der Waals surface area contributed by atoms with Gasteiger partial charge in [-0.3, -0.25) is 9.59 Å². The Morgan fingerprint density at radius 3 is 1.61 bits per heavy atom. The smallest absolute Gasteiger partial charge is 0.331 e. The topological polar surface area (TPSA) is 43.4 Å². The fraction of sp³-hybridized carbons (Fsp3) is 0.867. The monoisotopic (exact) mass is 460 g/mol. The van der Waals surface area contributed by atoms with E-state index < -0.39 is 5.41 Å². The minimum absolute atomic E-state index is 0.0653. The number of esters is 2. The number of allylic oxidation sites excluding steroid dienone is 2. The summed E-state index contributed by atoms with van der Waals surface area (Å²) in [5.74, 6) is -0.499. The van der Waals surface area contributed by atoms with E-state index in [-0.39, 0.29) is 17.9 Å². The zero-order valence-corrected chi connectivity index (χ0v) is 21.7. The Labute approximate surface area is 204 Å². The number of unbranched alkanes of at least 4 members (excludes halogenated alkanes) is 18. The molecule has 0 radical (unpaired) electrons. The third-order valence-electron chi connectivity index (χ3n) is 7.98. The summed E-state index contributed by atoms with van der Waals surface area (Å²) in [7, 11) is 0. The van der Waals surface area contributed by atoms with Crippen LogP contribution in [0.5, 0.6) is 0 Å². The van der Waals surface area contributed by atoms with Crippen LogP contribution in [0.15, 0.2) is 12.2 Å². The van der Waals surface area contributed by atoms with Gasteiger partial charge in [-0.25, -0.2) is 0 Å². The maximum absolute atomic E-state index is 12.0. The first kappa shape index (κ1) is 28.1. The van der Waals surface area contributed by atoms with Crippen molar-refractivity contribution in [2.24, 2.45) is 11.3 Å². The molecule has 1 saturated carbocycles. The fourth-order valence-electron chi connectivity index (χ4n) is 5.69. The molecular formula is C30H52O3. The lowest BCUT2D eigenvalue weighted by Crippen LogP contribution is -2.58. The minimum Gasteiger partial charge on any atom is -0.391 e. The highest BCUT2D eigenvalue weighted by atomic mass is 16.6. The van der Waals surface area contributed by atoms with Crippen molar-refractivity contribution in [1.82, 2.24) is 0 Å². The van der Waals surface area contributed by atoms with Gasteiger partial charge in [0.2, 0.25) is 0 Å². The second-order valence-electron chi connectivity index (χ2n) is 10.7. The zero-order chi connectivity index (χ0) is 23.6. The van der Waals surface area contributed by atoms with E-state index in [2.05, 4.69) is 19.1 Å². The molecule has 1 aliphatic heterocycles. The highest BCUT2D eigenvalue weighted by Crippen LogP contribution is 2.49. The Morgan fingerprint density at radius 2 is 1.15 bits per heavy atom. The van der Waals surface area contributed by atoms with Crippen LogP contribution in [-0.2, 0) is 14.3 Å². The van der Waals surface area contributed by atoms with Crippen LogP contribution in [-0.4, -0.2) is 11.9 Å². The SMILES string of the molecule is CCCCCCCCCCCCCCCCCCCCC=CC1CCCCC12C(=O)OC2=O. The van der Waals surface area contributed by atoms with Crippen LogP contribution in [0.2, 0.25) is 0 Å². The van der Waals surface area contributed by atoms with Crippen LogP contribution in [0, 0.1) is 11.3 Å². The molecule has 33 heavy (non-hydrogen) atoms. The van der Waals surface area contributed by atoms with Gasteiger partial charge < -0.3 is 4.74 Å². The molecule has 1 atom stereocenters. The molecule has 1 saturated heterocycles. The van der Waals surface area contributed by atoms with Crippen LogP contribution in [0.3, 0.4) is 0 Å². The minimum atomic E-state index is -0.817. The Kier molecular flexibility index (Phi) is 14.8. The standard InChI is InChI=1S/C30H52O3/c1-2-3-4-5-6-7-8-9-10-11-12-13-14-15-16-17-18-19-20-21-24-27-25-22-23-26-30(27)28(31)33-29(30)32/h21,24,27H,2-20,22-23,25-26H2,1H3. The molecule has 1 aliphatic carbocycles. The van der Waals surface area contributed by atoms with E-state index in [0.717, 1.165) is 25.7 Å². The summed E-state index contributed by atoms with van der Waals surface area (Å²) in [5.41, 5.74) is -0.817. The summed E-state index contributed by atoms with van der Waals surface area (Å²) in [6.07, 6.45) is 34.3. The fourth-order valence-corrected chi connectivity index (χ4v) is 5.69. The van der Waals surface area contributed by atoms with Crippen molar-refractivity contribution < 1.29 is 14.3 Å². The van der Waals surface area contributed by atoms with Crippen molar-refractivity contribution in [2.75, 3.05) is 0 Å². The van der Waals surface area contributed by atoms with Crippen molar-refractivity contribution in [2.45, 2.75) is 155 Å². The van der Waals surface area contributed by atoms with E-state index in [0.29, 0.717) is 6.42 Å². The van der Waals surface area contributed by atoms with Crippen LogP contribution in [0.1, 0.15) is 155 Å². The van der Waals surface area contributed by atoms with Crippen LogP contribution < -0.4 is 0 Å². The van der Waals surface area contributed by atoms with E-state index in [9.17, 15) is 9.59 Å². The number of carbonyl (C=O) groups is 2. The number of carbonyl (C=O) groups excluding carboxylic acids is 2. The molecule has 3 heteroatoms. The van der Waals surface area contributed by atoms with Gasteiger partial charge in [0.25, 0.3) is 0 Å². The quantitative estimate of drug-likeness (QED) is 0.0786. The molecule has 1 unspecified atom stereocenters. The largest absolute Gasteiger partial charge is 0.391 e. The van der Waals surface area contributed by atoms with Crippen molar-refractivity contribution in [3.8, 4) is 0 Å². The van der Waals surface area contributed by atoms with Gasteiger partial charge >= 0.3 is 11.9 Å². The van der Waals surface area contributed by atoms with Crippen molar-refractivity contribution in [1.29, 1.82) is 0 Å². The van der Waals surface area contributed by atoms with Crippen LogP contribution in [0.4, 0.5) is 0 Å². The summed E-state index contributed by atoms with van der Waals surface area (Å²) >= 11 is 0. The number of rotatable bonds is 20. The van der Waals surface area contributed by atoms with E-state index in [4.69, 9.17) is 4.74 Å². The number of cyclic esters (lactones) is 2. The molecule has 1 spiro atoms. The third-order valence-corrected chi connectivity index (χ3v) is 7.98. The van der Waals surface area contributed by atoms with Crippen LogP contribution >= 0.6 is 0 Å². The number of ether oxygens (including phenoxy) is 1. The molecule has 2 fully saturated rings. The van der Waals surface area contributed by atoms with Gasteiger partial charge in [-0.15, -0.1) is 0 Å². The second-order valence-corrected chi connectivity index (χ2v) is 10.7. The third kappa shape index (κ3) is 9.95. The molecule has 0 amide bonds. The molecule has 0 bridgehead atoms. The summed E-state index contributed by atoms with van der Waals surface area (Å²) in [4.78, 5) is 23.9. The summed E-state index contributed by atoms with van der Waals surface area (Å²) in [6, 6.07) is 0. The maximum atomic E-state index is 12.0. The first-order chi connectivity index (χ1) is 16.2. The average molecular weight is 461 g/mol. The van der Waals surface area contributed by atoms with E-state index in [1.807, 2.05) is 0 Å². The first-order valence-electron chi connectivity index (χ1n) is 14.6. The second kappa shape index (κ2) is 17.3. The zero-order valence-electron chi connectivity index (χ0n) is 21.7. The molecule has 0 N–H and O–H groups in total. The average Bonchev–Trinajstić information content (AvgIpc) is 2.83. The molecule has 2 rings (SSSR count). The van der Waals surface area contributed by atoms with Gasteiger partial charge in [-0.05, 0) is 25.7 Å². The first-order valence-corrected chi connectivity index (χ1v) is 14.6. The molecular weight excluding hydrogens is 408 g/mol. The molecule has 190 valence electrons. The Hall–Kier alpha value is -1.12. The highest BCUT2D eigenvalue weighted by molar-refractivity contribution is 6.14. The molecule has 1 heterocycles. The number of hydrogen-bond acceptors (Lipinski definition) is 3. The summed E-state index contributed by atoms with van der Waals surface area (Å²) in [5, 5.41) is 0. The lowest BCUT2D eigenvalue weighted by molar-refractivity contribution is -0.203. The van der Waals surface area contributed by atoms with Gasteiger partial charge in [0.1, 0.15) is 0 Å². The van der Waals surface area contributed by atoms with Crippen molar-refractivity contribution in [3.63, 3.8) is 0 Å². The summed E-state index contributed by atoms with van der Waals surface area (Å²) < 4.78 is 4.70. The van der Waals surface area contributed by atoms with Crippen LogP contribution in [0.25, 0.3) is 0 Å². The van der Waals surface area contributed by atoms with Crippen molar-refractivity contribution in [3.05, 3.63) is 12.2 Å². The lowest BCUT2D eigenvalue weighted by atomic mass is 9.63. The Balaban J connectivity index is 1.33. The normalized spacial score (nSPS) is 19.8. The van der Waals surface area contributed by atoms with Gasteiger partial charge in [0, 0.05) is 5.92 Å². The molecule has 0 aromatic heterocycles. The van der Waals surface area contributed by atoms with Gasteiger partial charge in [-0.2, -0.15) is 0 Å². The van der Waals surface area contributed by atoms with E-state index >= 15 is 0 Å². The Bertz CT molecular complexity index is 551. The molecule has 0 aromatic rings. The molecule has 2 aliphatic rings. The predicted molar refractivity (Wildman–Crippen MR) is 138 cm³/mol. The van der Waals surface area contributed by atoms with Gasteiger partial charge in [-0.1, -0.05) is 141 Å². The predicted octanol–water partition coefficient (Wildman–Crippen LogP) is 9.23. The van der Waals surface area contributed by atoms with Gasteiger partial charge in [0.05, 0.1) is 0 Å². The lowest BCUT2D eigenvalue weighted by Gasteiger charge is -2.43. The molecule has 0 aromatic carbocycles. The molecule has 3 nitrogen and oxygen atoms in total.